The fourth-order valence-corrected chi connectivity index (χ4v) is 2.28. The van der Waals surface area contributed by atoms with Crippen LogP contribution in [0.4, 0.5) is 4.39 Å². The summed E-state index contributed by atoms with van der Waals surface area (Å²) in [4.78, 5) is 33.1. The van der Waals surface area contributed by atoms with Gasteiger partial charge in [0.15, 0.2) is 0 Å². The van der Waals surface area contributed by atoms with E-state index in [0.717, 1.165) is 5.56 Å². The molecule has 0 radical (unpaired) electrons. The maximum absolute atomic E-state index is 12.7. The first-order valence-electron chi connectivity index (χ1n) is 6.01. The van der Waals surface area contributed by atoms with E-state index in [1.54, 1.807) is 12.1 Å². The number of carboxylic acid groups (broad SMARTS) is 1. The van der Waals surface area contributed by atoms with Crippen molar-refractivity contribution in [2.24, 2.45) is 5.73 Å². The van der Waals surface area contributed by atoms with Gasteiger partial charge in [0, 0.05) is 5.75 Å². The Morgan fingerprint density at radius 1 is 1.29 bits per heavy atom. The van der Waals surface area contributed by atoms with Crippen LogP contribution in [0.3, 0.4) is 0 Å². The standard InChI is InChI=1S/C13H15FN2O4S/c14-9-3-1-8(2-4-9)6-21-7-12(18)16-10(13(19)20)5-11(15)17/h1-4,10H,5-7H2,(H2,15,17)(H,16,18)(H,19,20)/t10-/m1/s1. The summed E-state index contributed by atoms with van der Waals surface area (Å²) in [6, 6.07) is 4.54. The number of benzene rings is 1. The topological polar surface area (TPSA) is 109 Å². The number of thioether (sulfide) groups is 1. The molecule has 114 valence electrons. The molecule has 0 saturated carbocycles. The Morgan fingerprint density at radius 2 is 1.90 bits per heavy atom. The highest BCUT2D eigenvalue weighted by Crippen LogP contribution is 2.12. The molecule has 2 amide bonds. The van der Waals surface area contributed by atoms with E-state index in [9.17, 15) is 18.8 Å². The third-order valence-electron chi connectivity index (χ3n) is 2.45. The van der Waals surface area contributed by atoms with Crippen LogP contribution >= 0.6 is 11.8 Å². The van der Waals surface area contributed by atoms with Crippen molar-refractivity contribution in [1.82, 2.24) is 5.32 Å². The minimum Gasteiger partial charge on any atom is -0.480 e. The van der Waals surface area contributed by atoms with Crippen LogP contribution in [0.2, 0.25) is 0 Å². The molecule has 0 spiro atoms. The smallest absolute Gasteiger partial charge is 0.326 e. The number of nitrogens with two attached hydrogens (primary N) is 1. The zero-order valence-corrected chi connectivity index (χ0v) is 11.9. The molecule has 0 unspecified atom stereocenters. The average molecular weight is 314 g/mol. The van der Waals surface area contributed by atoms with Crippen LogP contribution < -0.4 is 11.1 Å². The van der Waals surface area contributed by atoms with Gasteiger partial charge in [-0.2, -0.15) is 0 Å². The molecule has 8 heteroatoms. The average Bonchev–Trinajstić information content (AvgIpc) is 2.39. The molecule has 0 heterocycles. The highest BCUT2D eigenvalue weighted by molar-refractivity contribution is 7.99. The first-order valence-corrected chi connectivity index (χ1v) is 7.16. The highest BCUT2D eigenvalue weighted by Gasteiger charge is 2.21. The van der Waals surface area contributed by atoms with Crippen molar-refractivity contribution in [1.29, 1.82) is 0 Å². The van der Waals surface area contributed by atoms with Gasteiger partial charge in [-0.15, -0.1) is 11.8 Å². The molecule has 0 bridgehead atoms. The summed E-state index contributed by atoms with van der Waals surface area (Å²) in [5.74, 6) is -2.44. The van der Waals surface area contributed by atoms with Crippen molar-refractivity contribution >= 4 is 29.5 Å². The van der Waals surface area contributed by atoms with Gasteiger partial charge < -0.3 is 16.2 Å². The summed E-state index contributed by atoms with van der Waals surface area (Å²) in [7, 11) is 0. The van der Waals surface area contributed by atoms with Crippen LogP contribution in [0, 0.1) is 5.82 Å². The van der Waals surface area contributed by atoms with Gasteiger partial charge in [0.25, 0.3) is 0 Å². The van der Waals surface area contributed by atoms with Gasteiger partial charge >= 0.3 is 5.97 Å². The molecule has 1 aromatic carbocycles. The van der Waals surface area contributed by atoms with Crippen LogP contribution in [0.5, 0.6) is 0 Å². The number of nitrogens with one attached hydrogen (secondary N) is 1. The molecule has 0 aliphatic heterocycles. The Bertz CT molecular complexity index is 521. The first kappa shape index (κ1) is 17.0. The monoisotopic (exact) mass is 314 g/mol. The van der Waals surface area contributed by atoms with Crippen molar-refractivity contribution in [2.45, 2.75) is 18.2 Å². The zero-order chi connectivity index (χ0) is 15.8. The Hall–Kier alpha value is -2.09. The van der Waals surface area contributed by atoms with Crippen molar-refractivity contribution in [2.75, 3.05) is 5.75 Å². The van der Waals surface area contributed by atoms with Gasteiger partial charge in [0.2, 0.25) is 11.8 Å². The number of primary amides is 1. The van der Waals surface area contributed by atoms with Crippen molar-refractivity contribution in [3.8, 4) is 0 Å². The fourth-order valence-electron chi connectivity index (χ4n) is 1.48. The molecule has 0 aromatic heterocycles. The maximum Gasteiger partial charge on any atom is 0.326 e. The van der Waals surface area contributed by atoms with Crippen molar-refractivity contribution in [3.05, 3.63) is 35.6 Å². The van der Waals surface area contributed by atoms with E-state index in [2.05, 4.69) is 5.32 Å². The Morgan fingerprint density at radius 3 is 2.43 bits per heavy atom. The molecule has 0 fully saturated rings. The van der Waals surface area contributed by atoms with Crippen LogP contribution in [0.15, 0.2) is 24.3 Å². The van der Waals surface area contributed by atoms with E-state index in [1.807, 2.05) is 0 Å². The predicted molar refractivity (Wildman–Crippen MR) is 75.9 cm³/mol. The molecule has 1 atom stereocenters. The fraction of sp³-hybridized carbons (Fsp3) is 0.308. The number of hydrogen-bond donors (Lipinski definition) is 3. The van der Waals surface area contributed by atoms with E-state index in [0.29, 0.717) is 5.75 Å². The first-order chi connectivity index (χ1) is 9.88. The van der Waals surface area contributed by atoms with Crippen molar-refractivity contribution in [3.63, 3.8) is 0 Å². The maximum atomic E-state index is 12.7. The third-order valence-corrected chi connectivity index (χ3v) is 3.46. The summed E-state index contributed by atoms with van der Waals surface area (Å²) in [5.41, 5.74) is 5.75. The minimum absolute atomic E-state index is 0.0277. The summed E-state index contributed by atoms with van der Waals surface area (Å²) >= 11 is 1.25. The molecule has 0 aliphatic carbocycles. The number of hydrogen-bond acceptors (Lipinski definition) is 4. The lowest BCUT2D eigenvalue weighted by Gasteiger charge is -2.12. The number of carbonyl (C=O) groups excluding carboxylic acids is 2. The number of rotatable bonds is 8. The van der Waals surface area contributed by atoms with Crippen LogP contribution in [-0.4, -0.2) is 34.7 Å². The Kier molecular flexibility index (Phi) is 6.67. The van der Waals surface area contributed by atoms with E-state index in [-0.39, 0.29) is 11.6 Å². The summed E-state index contributed by atoms with van der Waals surface area (Å²) in [5, 5.41) is 11.1. The van der Waals surface area contributed by atoms with Gasteiger partial charge in [0.1, 0.15) is 11.9 Å². The third kappa shape index (κ3) is 6.75. The molecule has 1 aromatic rings. The quantitative estimate of drug-likeness (QED) is 0.647. The van der Waals surface area contributed by atoms with Gasteiger partial charge in [-0.25, -0.2) is 9.18 Å². The molecule has 6 nitrogen and oxygen atoms in total. The lowest BCUT2D eigenvalue weighted by molar-refractivity contribution is -0.143. The second kappa shape index (κ2) is 8.25. The number of halogens is 1. The zero-order valence-electron chi connectivity index (χ0n) is 11.0. The molecule has 21 heavy (non-hydrogen) atoms. The Balaban J connectivity index is 2.37. The number of carboxylic acids is 1. The van der Waals surface area contributed by atoms with Gasteiger partial charge in [-0.3, -0.25) is 9.59 Å². The van der Waals surface area contributed by atoms with E-state index in [1.165, 1.54) is 23.9 Å². The van der Waals surface area contributed by atoms with E-state index in [4.69, 9.17) is 10.8 Å². The lowest BCUT2D eigenvalue weighted by atomic mass is 10.2. The largest absolute Gasteiger partial charge is 0.480 e. The predicted octanol–water partition coefficient (Wildman–Crippen LogP) is 0.504. The number of aliphatic carboxylic acids is 1. The highest BCUT2D eigenvalue weighted by atomic mass is 32.2. The molecule has 0 saturated heterocycles. The normalized spacial score (nSPS) is 11.7. The molecule has 0 aliphatic rings. The number of carbonyl (C=O) groups is 3. The molecule has 1 rings (SSSR count). The van der Waals surface area contributed by atoms with Crippen LogP contribution in [0.25, 0.3) is 0 Å². The Labute approximate surface area is 124 Å². The summed E-state index contributed by atoms with van der Waals surface area (Å²) in [6.07, 6.45) is -0.455. The molecular formula is C13H15FN2O4S. The van der Waals surface area contributed by atoms with E-state index >= 15 is 0 Å². The van der Waals surface area contributed by atoms with Crippen LogP contribution in [0.1, 0.15) is 12.0 Å². The summed E-state index contributed by atoms with van der Waals surface area (Å²) in [6.45, 7) is 0. The second-order valence-electron chi connectivity index (χ2n) is 4.25. The molecular weight excluding hydrogens is 299 g/mol. The van der Waals surface area contributed by atoms with E-state index < -0.39 is 30.2 Å². The summed E-state index contributed by atoms with van der Waals surface area (Å²) < 4.78 is 12.7. The minimum atomic E-state index is -1.32. The number of amides is 2. The SMILES string of the molecule is NC(=O)C[C@@H](NC(=O)CSCc1ccc(F)cc1)C(=O)O. The molecule has 4 N–H and O–H groups in total. The van der Waals surface area contributed by atoms with Gasteiger partial charge in [-0.1, -0.05) is 12.1 Å². The lowest BCUT2D eigenvalue weighted by Crippen LogP contribution is -2.44. The van der Waals surface area contributed by atoms with Gasteiger partial charge in [0.05, 0.1) is 12.2 Å². The van der Waals surface area contributed by atoms with Crippen LogP contribution in [-0.2, 0) is 20.1 Å². The van der Waals surface area contributed by atoms with Crippen molar-refractivity contribution < 1.29 is 23.9 Å². The second-order valence-corrected chi connectivity index (χ2v) is 5.23. The van der Waals surface area contributed by atoms with Gasteiger partial charge in [-0.05, 0) is 17.7 Å².